The van der Waals surface area contributed by atoms with Crippen molar-refractivity contribution < 1.29 is 9.53 Å². The highest BCUT2D eigenvalue weighted by Gasteiger charge is 2.29. The molecule has 0 bridgehead atoms. The van der Waals surface area contributed by atoms with Gasteiger partial charge in [0.05, 0.1) is 6.10 Å². The minimum Gasteiger partial charge on any atom is -0.473 e. The quantitative estimate of drug-likeness (QED) is 0.848. The van der Waals surface area contributed by atoms with Crippen LogP contribution < -0.4 is 15.4 Å². The highest BCUT2D eigenvalue weighted by Crippen LogP contribution is 2.24. The molecule has 2 N–H and O–H groups in total. The Balaban J connectivity index is 2.03. The van der Waals surface area contributed by atoms with Crippen molar-refractivity contribution in [3.63, 3.8) is 0 Å². The van der Waals surface area contributed by atoms with E-state index in [2.05, 4.69) is 15.6 Å². The molecule has 19 heavy (non-hydrogen) atoms. The van der Waals surface area contributed by atoms with Gasteiger partial charge in [-0.2, -0.15) is 0 Å². The first-order chi connectivity index (χ1) is 9.08. The van der Waals surface area contributed by atoms with Crippen LogP contribution >= 0.6 is 0 Å². The van der Waals surface area contributed by atoms with E-state index in [4.69, 9.17) is 4.74 Å². The number of nitrogens with one attached hydrogen (secondary N) is 2. The Morgan fingerprint density at radius 3 is 2.79 bits per heavy atom. The Kier molecular flexibility index (Phi) is 4.37. The lowest BCUT2D eigenvalue weighted by molar-refractivity contribution is -0.121. The molecule has 1 aromatic rings. The van der Waals surface area contributed by atoms with Crippen LogP contribution in [0.1, 0.15) is 20.8 Å². The summed E-state index contributed by atoms with van der Waals surface area (Å²) in [6.07, 6.45) is 1.69. The molecule has 1 saturated heterocycles. The summed E-state index contributed by atoms with van der Waals surface area (Å²) in [5.41, 5.74) is 0.639. The molecular weight excluding hydrogens is 242 g/mol. The van der Waals surface area contributed by atoms with E-state index >= 15 is 0 Å². The van der Waals surface area contributed by atoms with Crippen molar-refractivity contribution >= 4 is 11.6 Å². The fourth-order valence-electron chi connectivity index (χ4n) is 1.93. The normalized spacial score (nSPS) is 16.8. The maximum atomic E-state index is 12.2. The standard InChI is InChI=1S/C14H21N3O2/c1-9(2)19-14-12(5-4-6-16-14)17-13(18)10(3)11-7-15-8-11/h4-6,9-11,15H,7-8H2,1-3H3,(H,17,18). The van der Waals surface area contributed by atoms with Gasteiger partial charge in [0.25, 0.3) is 0 Å². The van der Waals surface area contributed by atoms with Crippen LogP contribution in [0.15, 0.2) is 18.3 Å². The zero-order valence-electron chi connectivity index (χ0n) is 11.6. The zero-order chi connectivity index (χ0) is 13.8. The number of carbonyl (C=O) groups is 1. The third-order valence-electron chi connectivity index (χ3n) is 3.31. The van der Waals surface area contributed by atoms with Crippen LogP contribution in [0.5, 0.6) is 5.88 Å². The molecule has 5 nitrogen and oxygen atoms in total. The molecule has 2 heterocycles. The van der Waals surface area contributed by atoms with Crippen molar-refractivity contribution in [1.29, 1.82) is 0 Å². The van der Waals surface area contributed by atoms with E-state index in [1.165, 1.54) is 0 Å². The number of anilines is 1. The van der Waals surface area contributed by atoms with Crippen LogP contribution in [0.4, 0.5) is 5.69 Å². The Bertz CT molecular complexity index is 444. The summed E-state index contributed by atoms with van der Waals surface area (Å²) < 4.78 is 5.59. The smallest absolute Gasteiger partial charge is 0.238 e. The van der Waals surface area contributed by atoms with Crippen molar-refractivity contribution in [1.82, 2.24) is 10.3 Å². The van der Waals surface area contributed by atoms with Gasteiger partial charge in [0.1, 0.15) is 5.69 Å². The molecule has 0 saturated carbocycles. The highest BCUT2D eigenvalue weighted by atomic mass is 16.5. The summed E-state index contributed by atoms with van der Waals surface area (Å²) in [5, 5.41) is 6.09. The topological polar surface area (TPSA) is 63.2 Å². The van der Waals surface area contributed by atoms with Gasteiger partial charge in [-0.15, -0.1) is 0 Å². The van der Waals surface area contributed by atoms with E-state index in [-0.39, 0.29) is 17.9 Å². The molecule has 1 aliphatic heterocycles. The van der Waals surface area contributed by atoms with Gasteiger partial charge in [-0.1, -0.05) is 6.92 Å². The second-order valence-electron chi connectivity index (χ2n) is 5.22. The summed E-state index contributed by atoms with van der Waals surface area (Å²) in [4.78, 5) is 16.3. The lowest BCUT2D eigenvalue weighted by atomic mass is 9.88. The first kappa shape index (κ1) is 13.8. The average Bonchev–Trinajstić information content (AvgIpc) is 2.28. The minimum absolute atomic E-state index is 0.00615. The minimum atomic E-state index is -0.00615. The van der Waals surface area contributed by atoms with Gasteiger partial charge in [-0.25, -0.2) is 4.98 Å². The monoisotopic (exact) mass is 263 g/mol. The first-order valence-electron chi connectivity index (χ1n) is 6.71. The van der Waals surface area contributed by atoms with Gasteiger partial charge in [-0.3, -0.25) is 4.79 Å². The second-order valence-corrected chi connectivity index (χ2v) is 5.22. The number of rotatable bonds is 5. The molecule has 1 fully saturated rings. The van der Waals surface area contributed by atoms with Gasteiger partial charge in [0.15, 0.2) is 0 Å². The van der Waals surface area contributed by atoms with Gasteiger partial charge in [0, 0.05) is 12.1 Å². The lowest BCUT2D eigenvalue weighted by Crippen LogP contribution is -2.48. The van der Waals surface area contributed by atoms with E-state index in [9.17, 15) is 4.79 Å². The van der Waals surface area contributed by atoms with E-state index in [0.717, 1.165) is 13.1 Å². The van der Waals surface area contributed by atoms with Crippen molar-refractivity contribution in [2.75, 3.05) is 18.4 Å². The third-order valence-corrected chi connectivity index (χ3v) is 3.31. The van der Waals surface area contributed by atoms with Crippen molar-refractivity contribution in [2.24, 2.45) is 11.8 Å². The lowest BCUT2D eigenvalue weighted by Gasteiger charge is -2.31. The van der Waals surface area contributed by atoms with Crippen LogP contribution in [-0.4, -0.2) is 30.1 Å². The SMILES string of the molecule is CC(C)Oc1ncccc1NC(=O)C(C)C1CNC1. The summed E-state index contributed by atoms with van der Waals surface area (Å²) >= 11 is 0. The van der Waals surface area contributed by atoms with Crippen LogP contribution in [0.2, 0.25) is 0 Å². The van der Waals surface area contributed by atoms with Gasteiger partial charge >= 0.3 is 0 Å². The molecule has 5 heteroatoms. The van der Waals surface area contributed by atoms with E-state index in [1.807, 2.05) is 26.8 Å². The molecule has 1 aliphatic rings. The van der Waals surface area contributed by atoms with E-state index in [0.29, 0.717) is 17.5 Å². The Morgan fingerprint density at radius 1 is 1.47 bits per heavy atom. The van der Waals surface area contributed by atoms with Crippen LogP contribution in [0.3, 0.4) is 0 Å². The summed E-state index contributed by atoms with van der Waals surface area (Å²) in [6.45, 7) is 7.65. The maximum absolute atomic E-state index is 12.2. The molecule has 0 aromatic carbocycles. The van der Waals surface area contributed by atoms with E-state index in [1.54, 1.807) is 12.3 Å². The average molecular weight is 263 g/mol. The van der Waals surface area contributed by atoms with Crippen molar-refractivity contribution in [2.45, 2.75) is 26.9 Å². The van der Waals surface area contributed by atoms with Crippen LogP contribution in [0.25, 0.3) is 0 Å². The molecular formula is C14H21N3O2. The fourth-order valence-corrected chi connectivity index (χ4v) is 1.93. The van der Waals surface area contributed by atoms with Crippen molar-refractivity contribution in [3.8, 4) is 5.88 Å². The predicted molar refractivity (Wildman–Crippen MR) is 74.2 cm³/mol. The highest BCUT2D eigenvalue weighted by molar-refractivity contribution is 5.93. The van der Waals surface area contributed by atoms with Gasteiger partial charge in [-0.05, 0) is 45.0 Å². The number of carbonyl (C=O) groups excluding carboxylic acids is 1. The first-order valence-corrected chi connectivity index (χ1v) is 6.71. The molecule has 104 valence electrons. The molecule has 0 spiro atoms. The predicted octanol–water partition coefficient (Wildman–Crippen LogP) is 1.66. The Morgan fingerprint density at radius 2 is 2.21 bits per heavy atom. The summed E-state index contributed by atoms with van der Waals surface area (Å²) in [6, 6.07) is 3.60. The number of pyridine rings is 1. The molecule has 1 aromatic heterocycles. The molecule has 1 atom stereocenters. The van der Waals surface area contributed by atoms with Gasteiger partial charge < -0.3 is 15.4 Å². The number of amides is 1. The molecule has 1 amide bonds. The van der Waals surface area contributed by atoms with E-state index < -0.39 is 0 Å². The fraction of sp³-hybridized carbons (Fsp3) is 0.571. The number of hydrogen-bond acceptors (Lipinski definition) is 4. The number of nitrogens with zero attached hydrogens (tertiary/aromatic N) is 1. The molecule has 1 unspecified atom stereocenters. The number of aromatic nitrogens is 1. The second kappa shape index (κ2) is 6.02. The zero-order valence-corrected chi connectivity index (χ0v) is 11.6. The summed E-state index contributed by atoms with van der Waals surface area (Å²) in [7, 11) is 0. The number of hydrogen-bond donors (Lipinski definition) is 2. The van der Waals surface area contributed by atoms with Gasteiger partial charge in [0.2, 0.25) is 11.8 Å². The molecule has 2 rings (SSSR count). The van der Waals surface area contributed by atoms with Crippen LogP contribution in [0, 0.1) is 11.8 Å². The largest absolute Gasteiger partial charge is 0.473 e. The molecule has 0 aliphatic carbocycles. The molecule has 0 radical (unpaired) electrons. The Labute approximate surface area is 113 Å². The summed E-state index contributed by atoms with van der Waals surface area (Å²) in [5.74, 6) is 0.914. The third kappa shape index (κ3) is 3.44. The van der Waals surface area contributed by atoms with Crippen LogP contribution in [-0.2, 0) is 4.79 Å². The Hall–Kier alpha value is -1.62. The number of ether oxygens (including phenoxy) is 1. The maximum Gasteiger partial charge on any atom is 0.238 e. The van der Waals surface area contributed by atoms with Crippen molar-refractivity contribution in [3.05, 3.63) is 18.3 Å².